The molecular formula is C13H14Cl4O. The zero-order valence-corrected chi connectivity index (χ0v) is 13.4. The molecule has 0 fully saturated rings. The lowest BCUT2D eigenvalue weighted by atomic mass is 9.84. The second-order valence-corrected chi connectivity index (χ2v) is 5.99. The molecule has 1 aromatic carbocycles. The molecule has 0 bridgehead atoms. The summed E-state index contributed by atoms with van der Waals surface area (Å²) in [4.78, 5) is 12.1. The molecule has 0 amide bonds. The summed E-state index contributed by atoms with van der Waals surface area (Å²) in [6.45, 7) is 5.70. The number of ketones is 1. The van der Waals surface area contributed by atoms with E-state index < -0.39 is 0 Å². The highest BCUT2D eigenvalue weighted by molar-refractivity contribution is 6.48. The van der Waals surface area contributed by atoms with Crippen LogP contribution in [-0.4, -0.2) is 5.78 Å². The average molecular weight is 328 g/mol. The van der Waals surface area contributed by atoms with Gasteiger partial charge in [-0.2, -0.15) is 0 Å². The molecule has 1 nitrogen and oxygen atoms in total. The van der Waals surface area contributed by atoms with E-state index in [4.69, 9.17) is 46.4 Å². The average Bonchev–Trinajstić information content (AvgIpc) is 2.30. The van der Waals surface area contributed by atoms with Crippen LogP contribution in [0.5, 0.6) is 0 Å². The predicted molar refractivity (Wildman–Crippen MR) is 79.4 cm³/mol. The Labute approximate surface area is 127 Å². The Morgan fingerprint density at radius 2 is 1.56 bits per heavy atom. The largest absolute Gasteiger partial charge is 0.299 e. The van der Waals surface area contributed by atoms with E-state index in [0.717, 1.165) is 0 Å². The standard InChI is InChI=1S/C13H14Cl4O/c1-4-9(18)10(6(2)3)11-12(16)7(14)5-8(15)13(11)17/h5-6,10H,4H2,1-3H3. The molecule has 1 rings (SSSR count). The summed E-state index contributed by atoms with van der Waals surface area (Å²) in [6, 6.07) is 1.49. The molecule has 0 aliphatic rings. The Kier molecular flexibility index (Phi) is 5.79. The Bertz CT molecular complexity index is 442. The van der Waals surface area contributed by atoms with Crippen LogP contribution in [0, 0.1) is 5.92 Å². The van der Waals surface area contributed by atoms with Crippen molar-refractivity contribution < 1.29 is 4.79 Å². The van der Waals surface area contributed by atoms with Crippen molar-refractivity contribution >= 4 is 52.2 Å². The lowest BCUT2D eigenvalue weighted by Gasteiger charge is -2.23. The monoisotopic (exact) mass is 326 g/mol. The summed E-state index contributed by atoms with van der Waals surface area (Å²) < 4.78 is 0. The van der Waals surface area contributed by atoms with Gasteiger partial charge < -0.3 is 0 Å². The fourth-order valence-corrected chi connectivity index (χ4v) is 3.01. The highest BCUT2D eigenvalue weighted by Crippen LogP contribution is 2.43. The van der Waals surface area contributed by atoms with Gasteiger partial charge in [-0.15, -0.1) is 0 Å². The summed E-state index contributed by atoms with van der Waals surface area (Å²) in [7, 11) is 0. The van der Waals surface area contributed by atoms with Gasteiger partial charge in [0.1, 0.15) is 5.78 Å². The van der Waals surface area contributed by atoms with Crippen LogP contribution in [0.25, 0.3) is 0 Å². The first-order chi connectivity index (χ1) is 8.31. The second kappa shape index (κ2) is 6.47. The molecule has 0 aliphatic heterocycles. The molecule has 100 valence electrons. The molecule has 5 heteroatoms. The molecule has 18 heavy (non-hydrogen) atoms. The summed E-state index contributed by atoms with van der Waals surface area (Å²) in [5.41, 5.74) is 0.540. The van der Waals surface area contributed by atoms with Crippen molar-refractivity contribution in [3.05, 3.63) is 31.7 Å². The first-order valence-electron chi connectivity index (χ1n) is 5.66. The lowest BCUT2D eigenvalue weighted by Crippen LogP contribution is -2.18. The van der Waals surface area contributed by atoms with Crippen LogP contribution in [0.15, 0.2) is 6.07 Å². The summed E-state index contributed by atoms with van der Waals surface area (Å²) in [6.07, 6.45) is 0.416. The van der Waals surface area contributed by atoms with Gasteiger partial charge in [-0.1, -0.05) is 67.2 Å². The van der Waals surface area contributed by atoms with E-state index in [1.807, 2.05) is 20.8 Å². The maximum atomic E-state index is 12.1. The molecule has 0 spiro atoms. The minimum atomic E-state index is -0.383. The molecule has 0 saturated heterocycles. The van der Waals surface area contributed by atoms with E-state index in [1.54, 1.807) is 0 Å². The van der Waals surface area contributed by atoms with Crippen molar-refractivity contribution in [1.29, 1.82) is 0 Å². The number of halogens is 4. The van der Waals surface area contributed by atoms with Crippen molar-refractivity contribution in [3.63, 3.8) is 0 Å². The minimum absolute atomic E-state index is 0.0713. The maximum absolute atomic E-state index is 12.1. The number of benzene rings is 1. The van der Waals surface area contributed by atoms with Crippen LogP contribution in [-0.2, 0) is 4.79 Å². The number of rotatable bonds is 4. The molecular weight excluding hydrogens is 314 g/mol. The minimum Gasteiger partial charge on any atom is -0.299 e. The summed E-state index contributed by atoms with van der Waals surface area (Å²) in [5.74, 6) is -0.236. The second-order valence-electron chi connectivity index (χ2n) is 4.42. The van der Waals surface area contributed by atoms with E-state index in [1.165, 1.54) is 6.07 Å². The van der Waals surface area contributed by atoms with Crippen LogP contribution < -0.4 is 0 Å². The van der Waals surface area contributed by atoms with Crippen LogP contribution in [0.2, 0.25) is 20.1 Å². The van der Waals surface area contributed by atoms with Gasteiger partial charge in [0.05, 0.1) is 20.1 Å². The van der Waals surface area contributed by atoms with Gasteiger partial charge in [-0.25, -0.2) is 0 Å². The van der Waals surface area contributed by atoms with E-state index in [2.05, 4.69) is 0 Å². The number of Topliss-reactive ketones (excluding diaryl/α,β-unsaturated/α-hetero) is 1. The van der Waals surface area contributed by atoms with Gasteiger partial charge in [0.25, 0.3) is 0 Å². The van der Waals surface area contributed by atoms with Gasteiger partial charge in [-0.05, 0) is 12.0 Å². The van der Waals surface area contributed by atoms with Gasteiger partial charge in [-0.3, -0.25) is 4.79 Å². The molecule has 0 aliphatic carbocycles. The Morgan fingerprint density at radius 1 is 1.11 bits per heavy atom. The van der Waals surface area contributed by atoms with E-state index in [-0.39, 0.29) is 17.6 Å². The highest BCUT2D eigenvalue weighted by Gasteiger charge is 2.29. The smallest absolute Gasteiger partial charge is 0.140 e. The van der Waals surface area contributed by atoms with E-state index in [9.17, 15) is 4.79 Å². The topological polar surface area (TPSA) is 17.1 Å². The SMILES string of the molecule is CCC(=O)C(c1c(Cl)c(Cl)cc(Cl)c1Cl)C(C)C. The molecule has 0 heterocycles. The van der Waals surface area contributed by atoms with Crippen LogP contribution >= 0.6 is 46.4 Å². The first kappa shape index (κ1) is 16.1. The zero-order chi connectivity index (χ0) is 14.0. The molecule has 0 N–H and O–H groups in total. The van der Waals surface area contributed by atoms with Crippen LogP contribution in [0.1, 0.15) is 38.7 Å². The number of carbonyl (C=O) groups excluding carboxylic acids is 1. The number of carbonyl (C=O) groups is 1. The molecule has 0 aromatic heterocycles. The third-order valence-corrected chi connectivity index (χ3v) is 4.42. The Hall–Kier alpha value is 0.0500. The quantitative estimate of drug-likeness (QED) is 0.618. The third kappa shape index (κ3) is 3.14. The molecule has 0 saturated carbocycles. The zero-order valence-electron chi connectivity index (χ0n) is 10.4. The van der Waals surface area contributed by atoms with Crippen molar-refractivity contribution in [2.45, 2.75) is 33.1 Å². The molecule has 1 aromatic rings. The van der Waals surface area contributed by atoms with E-state index in [0.29, 0.717) is 32.1 Å². The van der Waals surface area contributed by atoms with Crippen LogP contribution in [0.3, 0.4) is 0 Å². The van der Waals surface area contributed by atoms with Crippen molar-refractivity contribution in [3.8, 4) is 0 Å². The maximum Gasteiger partial charge on any atom is 0.140 e. The fraction of sp³-hybridized carbons (Fsp3) is 0.462. The van der Waals surface area contributed by atoms with Gasteiger partial charge >= 0.3 is 0 Å². The number of hydrogen-bond donors (Lipinski definition) is 0. The lowest BCUT2D eigenvalue weighted by molar-refractivity contribution is -0.121. The van der Waals surface area contributed by atoms with Crippen molar-refractivity contribution in [1.82, 2.24) is 0 Å². The van der Waals surface area contributed by atoms with E-state index >= 15 is 0 Å². The predicted octanol–water partition coefficient (Wildman–Crippen LogP) is 6.02. The Morgan fingerprint density at radius 3 is 1.89 bits per heavy atom. The van der Waals surface area contributed by atoms with Gasteiger partial charge in [0, 0.05) is 17.9 Å². The van der Waals surface area contributed by atoms with Crippen LogP contribution in [0.4, 0.5) is 0 Å². The fourth-order valence-electron chi connectivity index (χ4n) is 1.95. The third-order valence-electron chi connectivity index (χ3n) is 2.82. The molecule has 1 atom stereocenters. The van der Waals surface area contributed by atoms with Crippen molar-refractivity contribution in [2.75, 3.05) is 0 Å². The van der Waals surface area contributed by atoms with Crippen molar-refractivity contribution in [2.24, 2.45) is 5.92 Å². The van der Waals surface area contributed by atoms with Gasteiger partial charge in [0.15, 0.2) is 0 Å². The molecule has 0 radical (unpaired) electrons. The Balaban J connectivity index is 3.50. The number of hydrogen-bond acceptors (Lipinski definition) is 1. The summed E-state index contributed by atoms with van der Waals surface area (Å²) >= 11 is 24.4. The summed E-state index contributed by atoms with van der Waals surface area (Å²) in [5, 5.41) is 1.25. The normalized spacial score (nSPS) is 12.9. The highest BCUT2D eigenvalue weighted by atomic mass is 35.5. The van der Waals surface area contributed by atoms with Gasteiger partial charge in [0.2, 0.25) is 0 Å². The molecule has 1 unspecified atom stereocenters. The first-order valence-corrected chi connectivity index (χ1v) is 7.18.